The van der Waals surface area contributed by atoms with Crippen LogP contribution in [0.1, 0.15) is 24.1 Å². The van der Waals surface area contributed by atoms with Crippen LogP contribution in [0.5, 0.6) is 0 Å². The van der Waals surface area contributed by atoms with Crippen molar-refractivity contribution in [2.75, 3.05) is 19.8 Å². The molecular weight excluding hydrogens is 244 g/mol. The summed E-state index contributed by atoms with van der Waals surface area (Å²) in [6.45, 7) is 3.50. The predicted octanol–water partition coefficient (Wildman–Crippen LogP) is 0.980. The van der Waals surface area contributed by atoms with Gasteiger partial charge in [-0.1, -0.05) is 24.3 Å². The van der Waals surface area contributed by atoms with E-state index >= 15 is 0 Å². The molecule has 0 radical (unpaired) electrons. The van der Waals surface area contributed by atoms with Crippen molar-refractivity contribution in [3.05, 3.63) is 35.4 Å². The molecule has 5 nitrogen and oxygen atoms in total. The first-order valence-corrected chi connectivity index (χ1v) is 6.60. The van der Waals surface area contributed by atoms with Crippen molar-refractivity contribution in [1.82, 2.24) is 10.6 Å². The van der Waals surface area contributed by atoms with Crippen molar-refractivity contribution >= 4 is 6.03 Å². The minimum absolute atomic E-state index is 0.277. The van der Waals surface area contributed by atoms with Crippen molar-refractivity contribution in [3.8, 4) is 0 Å². The Morgan fingerprint density at radius 1 is 1.47 bits per heavy atom. The number of rotatable bonds is 5. The number of nitrogens with one attached hydrogen (secondary N) is 2. The second-order valence-corrected chi connectivity index (χ2v) is 4.55. The summed E-state index contributed by atoms with van der Waals surface area (Å²) in [5, 5.41) is 15.5. The van der Waals surface area contributed by atoms with Crippen LogP contribution in [0, 0.1) is 0 Å². The lowest BCUT2D eigenvalue weighted by Crippen LogP contribution is -2.42. The van der Waals surface area contributed by atoms with E-state index in [1.807, 2.05) is 31.2 Å². The molecule has 3 N–H and O–H groups in total. The van der Waals surface area contributed by atoms with Crippen LogP contribution < -0.4 is 10.6 Å². The third-order valence-corrected chi connectivity index (χ3v) is 3.23. The zero-order valence-corrected chi connectivity index (χ0v) is 11.1. The first-order chi connectivity index (χ1) is 9.22. The fraction of sp³-hybridized carbons (Fsp3) is 0.500. The highest BCUT2D eigenvalue weighted by Gasteiger charge is 2.31. The van der Waals surface area contributed by atoms with Crippen LogP contribution in [-0.4, -0.2) is 37.0 Å². The highest BCUT2D eigenvalue weighted by molar-refractivity contribution is 5.74. The van der Waals surface area contributed by atoms with Gasteiger partial charge in [-0.25, -0.2) is 4.79 Å². The van der Waals surface area contributed by atoms with E-state index in [1.165, 1.54) is 0 Å². The first-order valence-electron chi connectivity index (χ1n) is 6.60. The molecule has 5 heteroatoms. The Hall–Kier alpha value is -1.59. The van der Waals surface area contributed by atoms with Gasteiger partial charge in [-0.05, 0) is 18.1 Å². The summed E-state index contributed by atoms with van der Waals surface area (Å²) in [5.41, 5.74) is 2.09. The van der Waals surface area contributed by atoms with E-state index in [4.69, 9.17) is 4.74 Å². The lowest BCUT2D eigenvalue weighted by Gasteiger charge is -2.18. The second-order valence-electron chi connectivity index (χ2n) is 4.55. The van der Waals surface area contributed by atoms with E-state index in [0.717, 1.165) is 11.1 Å². The van der Waals surface area contributed by atoms with E-state index in [9.17, 15) is 9.90 Å². The highest BCUT2D eigenvalue weighted by atomic mass is 16.5. The first kappa shape index (κ1) is 13.8. The van der Waals surface area contributed by atoms with Gasteiger partial charge in [0.25, 0.3) is 0 Å². The lowest BCUT2D eigenvalue weighted by molar-refractivity contribution is 0.138. The molecule has 0 aromatic heterocycles. The van der Waals surface area contributed by atoms with Gasteiger partial charge in [-0.15, -0.1) is 0 Å². The summed E-state index contributed by atoms with van der Waals surface area (Å²) in [5.74, 6) is 0. The van der Waals surface area contributed by atoms with Crippen LogP contribution in [0.4, 0.5) is 4.79 Å². The molecule has 1 aliphatic carbocycles. The minimum atomic E-state index is -0.560. The molecule has 1 aliphatic rings. The summed E-state index contributed by atoms with van der Waals surface area (Å²) >= 11 is 0. The third-order valence-electron chi connectivity index (χ3n) is 3.23. The second kappa shape index (κ2) is 6.54. The zero-order valence-electron chi connectivity index (χ0n) is 11.1. The van der Waals surface area contributed by atoms with Crippen molar-refractivity contribution in [1.29, 1.82) is 0 Å². The molecule has 19 heavy (non-hydrogen) atoms. The number of ether oxygens (including phenoxy) is 1. The van der Waals surface area contributed by atoms with Crippen molar-refractivity contribution in [3.63, 3.8) is 0 Å². The molecule has 2 amide bonds. The minimum Gasteiger partial charge on any atom is -0.390 e. The Bertz CT molecular complexity index is 436. The van der Waals surface area contributed by atoms with Gasteiger partial charge >= 0.3 is 6.03 Å². The molecule has 2 rings (SSSR count). The molecule has 1 aromatic rings. The number of benzene rings is 1. The molecule has 2 unspecified atom stereocenters. The SMILES string of the molecule is CCOCCNC(=O)NC1c2ccccc2CC1O. The molecule has 2 atom stereocenters. The number of aliphatic hydroxyl groups is 1. The van der Waals surface area contributed by atoms with Gasteiger partial charge in [-0.2, -0.15) is 0 Å². The Morgan fingerprint density at radius 2 is 2.26 bits per heavy atom. The Balaban J connectivity index is 1.87. The van der Waals surface area contributed by atoms with Gasteiger partial charge in [0.2, 0.25) is 0 Å². The summed E-state index contributed by atoms with van der Waals surface area (Å²) < 4.78 is 5.14. The monoisotopic (exact) mass is 264 g/mol. The number of carbonyl (C=O) groups excluding carboxylic acids is 1. The van der Waals surface area contributed by atoms with E-state index < -0.39 is 6.10 Å². The maximum Gasteiger partial charge on any atom is 0.315 e. The Morgan fingerprint density at radius 3 is 3.05 bits per heavy atom. The highest BCUT2D eigenvalue weighted by Crippen LogP contribution is 2.30. The van der Waals surface area contributed by atoms with Crippen LogP contribution in [0.25, 0.3) is 0 Å². The summed E-state index contributed by atoms with van der Waals surface area (Å²) in [7, 11) is 0. The van der Waals surface area contributed by atoms with Crippen molar-refractivity contribution in [2.24, 2.45) is 0 Å². The number of hydrogen-bond acceptors (Lipinski definition) is 3. The smallest absolute Gasteiger partial charge is 0.315 e. The standard InChI is InChI=1S/C14H20N2O3/c1-2-19-8-7-15-14(18)16-13-11-6-4-3-5-10(11)9-12(13)17/h3-6,12-13,17H,2,7-9H2,1H3,(H2,15,16,18). The molecule has 0 saturated heterocycles. The van der Waals surface area contributed by atoms with Gasteiger partial charge in [0.1, 0.15) is 0 Å². The Labute approximate surface area is 113 Å². The van der Waals surface area contributed by atoms with Gasteiger partial charge < -0.3 is 20.5 Å². The molecule has 0 heterocycles. The molecular formula is C14H20N2O3. The molecule has 0 bridgehead atoms. The van der Waals surface area contributed by atoms with Crippen LogP contribution >= 0.6 is 0 Å². The Kier molecular flexibility index (Phi) is 4.76. The molecule has 0 saturated carbocycles. The normalized spacial score (nSPS) is 20.9. The average molecular weight is 264 g/mol. The summed E-state index contributed by atoms with van der Waals surface area (Å²) in [4.78, 5) is 11.7. The van der Waals surface area contributed by atoms with Gasteiger partial charge in [-0.3, -0.25) is 0 Å². The van der Waals surface area contributed by atoms with Crippen LogP contribution in [0.2, 0.25) is 0 Å². The molecule has 0 spiro atoms. The van der Waals surface area contributed by atoms with Gasteiger partial charge in [0.05, 0.1) is 18.8 Å². The number of carbonyl (C=O) groups is 1. The molecule has 0 fully saturated rings. The third kappa shape index (κ3) is 3.45. The van der Waals surface area contributed by atoms with Gasteiger partial charge in [0.15, 0.2) is 0 Å². The molecule has 0 aliphatic heterocycles. The van der Waals surface area contributed by atoms with E-state index in [2.05, 4.69) is 10.6 Å². The summed E-state index contributed by atoms with van der Waals surface area (Å²) in [6.07, 6.45) is 0.0233. The fourth-order valence-electron chi connectivity index (χ4n) is 2.32. The number of urea groups is 1. The van der Waals surface area contributed by atoms with Crippen LogP contribution in [-0.2, 0) is 11.2 Å². The number of aliphatic hydroxyl groups excluding tert-OH is 1. The maximum atomic E-state index is 11.7. The average Bonchev–Trinajstić information content (AvgIpc) is 2.72. The molecule has 1 aromatic carbocycles. The van der Waals surface area contributed by atoms with Crippen LogP contribution in [0.3, 0.4) is 0 Å². The van der Waals surface area contributed by atoms with E-state index in [1.54, 1.807) is 0 Å². The number of amides is 2. The van der Waals surface area contributed by atoms with E-state index in [0.29, 0.717) is 26.2 Å². The predicted molar refractivity (Wildman–Crippen MR) is 71.9 cm³/mol. The quantitative estimate of drug-likeness (QED) is 0.694. The van der Waals surface area contributed by atoms with E-state index in [-0.39, 0.29) is 12.1 Å². The van der Waals surface area contributed by atoms with Gasteiger partial charge in [0, 0.05) is 19.6 Å². The zero-order chi connectivity index (χ0) is 13.7. The summed E-state index contributed by atoms with van der Waals surface area (Å²) in [6, 6.07) is 7.17. The maximum absolute atomic E-state index is 11.7. The van der Waals surface area contributed by atoms with Crippen molar-refractivity contribution < 1.29 is 14.6 Å². The van der Waals surface area contributed by atoms with Crippen molar-refractivity contribution in [2.45, 2.75) is 25.5 Å². The largest absolute Gasteiger partial charge is 0.390 e. The lowest BCUT2D eigenvalue weighted by atomic mass is 10.1. The number of hydrogen-bond donors (Lipinski definition) is 3. The van der Waals surface area contributed by atoms with Crippen LogP contribution in [0.15, 0.2) is 24.3 Å². The fourth-order valence-corrected chi connectivity index (χ4v) is 2.32. The molecule has 104 valence electrons. The number of fused-ring (bicyclic) bond motifs is 1. The topological polar surface area (TPSA) is 70.6 Å².